The van der Waals surface area contributed by atoms with Crippen LogP contribution in [-0.4, -0.2) is 25.5 Å². The number of anilines is 2. The standard InChI is InChI=1S/C12H19N3OS/c1-2-5-14-12(16)11-9(13)8-10(17-11)15-6-3-4-7-15/h8H,2-7,13H2,1H3,(H,14,16). The van der Waals surface area contributed by atoms with E-state index < -0.39 is 0 Å². The van der Waals surface area contributed by atoms with Crippen LogP contribution in [0.15, 0.2) is 6.07 Å². The van der Waals surface area contributed by atoms with Gasteiger partial charge in [0.2, 0.25) is 0 Å². The molecular weight excluding hydrogens is 234 g/mol. The summed E-state index contributed by atoms with van der Waals surface area (Å²) in [5.74, 6) is -0.0419. The van der Waals surface area contributed by atoms with Crippen molar-refractivity contribution >= 4 is 27.9 Å². The van der Waals surface area contributed by atoms with Gasteiger partial charge >= 0.3 is 0 Å². The average Bonchev–Trinajstić information content (AvgIpc) is 2.94. The van der Waals surface area contributed by atoms with Crippen LogP contribution in [0, 0.1) is 0 Å². The van der Waals surface area contributed by atoms with Crippen LogP contribution >= 0.6 is 11.3 Å². The Morgan fingerprint density at radius 2 is 2.24 bits per heavy atom. The van der Waals surface area contributed by atoms with Gasteiger partial charge in [-0.15, -0.1) is 11.3 Å². The molecule has 1 aliphatic rings. The molecular formula is C12H19N3OS. The topological polar surface area (TPSA) is 58.4 Å². The number of nitrogens with zero attached hydrogens (tertiary/aromatic N) is 1. The fourth-order valence-corrected chi connectivity index (χ4v) is 3.03. The molecule has 0 saturated carbocycles. The van der Waals surface area contributed by atoms with Crippen molar-refractivity contribution in [2.45, 2.75) is 26.2 Å². The Hall–Kier alpha value is -1.23. The molecule has 1 aromatic rings. The Morgan fingerprint density at radius 3 is 2.88 bits per heavy atom. The molecule has 0 spiro atoms. The van der Waals surface area contributed by atoms with Gasteiger partial charge in [-0.05, 0) is 25.3 Å². The first-order valence-corrected chi connectivity index (χ1v) is 6.96. The first kappa shape index (κ1) is 12.2. The molecule has 0 radical (unpaired) electrons. The van der Waals surface area contributed by atoms with Crippen LogP contribution in [0.4, 0.5) is 10.7 Å². The number of nitrogens with one attached hydrogen (secondary N) is 1. The van der Waals surface area contributed by atoms with Gasteiger partial charge in [-0.25, -0.2) is 0 Å². The average molecular weight is 253 g/mol. The number of carbonyl (C=O) groups is 1. The summed E-state index contributed by atoms with van der Waals surface area (Å²) < 4.78 is 0. The Balaban J connectivity index is 2.09. The van der Waals surface area contributed by atoms with Crippen LogP contribution in [0.25, 0.3) is 0 Å². The van der Waals surface area contributed by atoms with Gasteiger partial charge in [0.25, 0.3) is 5.91 Å². The minimum atomic E-state index is -0.0419. The van der Waals surface area contributed by atoms with Crippen molar-refractivity contribution in [1.82, 2.24) is 5.32 Å². The summed E-state index contributed by atoms with van der Waals surface area (Å²) in [7, 11) is 0. The molecule has 2 rings (SSSR count). The fraction of sp³-hybridized carbons (Fsp3) is 0.583. The van der Waals surface area contributed by atoms with Crippen LogP contribution in [0.5, 0.6) is 0 Å². The summed E-state index contributed by atoms with van der Waals surface area (Å²) in [6, 6.07) is 1.93. The quantitative estimate of drug-likeness (QED) is 0.863. The van der Waals surface area contributed by atoms with Crippen LogP contribution in [0.3, 0.4) is 0 Å². The Labute approximate surface area is 106 Å². The van der Waals surface area contributed by atoms with E-state index in [1.54, 1.807) is 0 Å². The molecule has 1 saturated heterocycles. The van der Waals surface area contributed by atoms with Crippen LogP contribution in [-0.2, 0) is 0 Å². The fourth-order valence-electron chi connectivity index (χ4n) is 1.98. The molecule has 1 fully saturated rings. The van der Waals surface area contributed by atoms with E-state index in [1.165, 1.54) is 24.2 Å². The molecule has 3 N–H and O–H groups in total. The molecule has 2 heterocycles. The lowest BCUT2D eigenvalue weighted by Gasteiger charge is -2.13. The second kappa shape index (κ2) is 5.40. The Kier molecular flexibility index (Phi) is 3.89. The molecule has 0 atom stereocenters. The number of nitrogens with two attached hydrogens (primary N) is 1. The van der Waals surface area contributed by atoms with Crippen molar-refractivity contribution < 1.29 is 4.79 Å². The van der Waals surface area contributed by atoms with Crippen molar-refractivity contribution in [3.63, 3.8) is 0 Å². The molecule has 1 aromatic heterocycles. The SMILES string of the molecule is CCCNC(=O)c1sc(N2CCCC2)cc1N. The molecule has 0 bridgehead atoms. The molecule has 0 aliphatic carbocycles. The molecule has 5 heteroatoms. The van der Waals surface area contributed by atoms with E-state index in [1.807, 2.05) is 13.0 Å². The Morgan fingerprint density at radius 1 is 1.53 bits per heavy atom. The lowest BCUT2D eigenvalue weighted by molar-refractivity contribution is 0.0958. The van der Waals surface area contributed by atoms with E-state index >= 15 is 0 Å². The third-order valence-electron chi connectivity index (χ3n) is 2.91. The zero-order valence-corrected chi connectivity index (χ0v) is 11.0. The van der Waals surface area contributed by atoms with Gasteiger partial charge < -0.3 is 16.0 Å². The minimum Gasteiger partial charge on any atom is -0.397 e. The van der Waals surface area contributed by atoms with Gasteiger partial charge in [-0.3, -0.25) is 4.79 Å². The first-order chi connectivity index (χ1) is 8.22. The summed E-state index contributed by atoms with van der Waals surface area (Å²) in [6.07, 6.45) is 3.40. The number of nitrogen functional groups attached to an aromatic ring is 1. The number of rotatable bonds is 4. The highest BCUT2D eigenvalue weighted by molar-refractivity contribution is 7.18. The maximum atomic E-state index is 11.9. The van der Waals surface area contributed by atoms with E-state index in [0.717, 1.165) is 24.5 Å². The number of hydrogen-bond acceptors (Lipinski definition) is 4. The highest BCUT2D eigenvalue weighted by atomic mass is 32.1. The summed E-state index contributed by atoms with van der Waals surface area (Å²) in [4.78, 5) is 14.8. The summed E-state index contributed by atoms with van der Waals surface area (Å²) in [5, 5.41) is 3.99. The highest BCUT2D eigenvalue weighted by Gasteiger charge is 2.19. The largest absolute Gasteiger partial charge is 0.397 e. The van der Waals surface area contributed by atoms with Gasteiger partial charge in [0, 0.05) is 19.6 Å². The van der Waals surface area contributed by atoms with Gasteiger partial charge in [0.05, 0.1) is 10.7 Å². The van der Waals surface area contributed by atoms with Gasteiger partial charge in [-0.1, -0.05) is 6.92 Å². The van der Waals surface area contributed by atoms with Gasteiger partial charge in [-0.2, -0.15) is 0 Å². The van der Waals surface area contributed by atoms with E-state index in [4.69, 9.17) is 5.73 Å². The van der Waals surface area contributed by atoms with Crippen molar-refractivity contribution in [2.75, 3.05) is 30.3 Å². The maximum absolute atomic E-state index is 11.9. The second-order valence-corrected chi connectivity index (χ2v) is 5.35. The van der Waals surface area contributed by atoms with E-state index in [9.17, 15) is 4.79 Å². The maximum Gasteiger partial charge on any atom is 0.263 e. The third-order valence-corrected chi connectivity index (χ3v) is 4.12. The minimum absolute atomic E-state index is 0.0419. The zero-order chi connectivity index (χ0) is 12.3. The summed E-state index contributed by atoms with van der Waals surface area (Å²) in [6.45, 7) is 4.90. The van der Waals surface area contributed by atoms with Crippen LogP contribution in [0.1, 0.15) is 35.9 Å². The van der Waals surface area contributed by atoms with Crippen LogP contribution in [0.2, 0.25) is 0 Å². The molecule has 94 valence electrons. The number of amides is 1. The number of hydrogen-bond donors (Lipinski definition) is 2. The lowest BCUT2D eigenvalue weighted by Crippen LogP contribution is -2.23. The number of carbonyl (C=O) groups excluding carboxylic acids is 1. The van der Waals surface area contributed by atoms with Crippen molar-refractivity contribution in [2.24, 2.45) is 0 Å². The van der Waals surface area contributed by atoms with E-state index in [2.05, 4.69) is 10.2 Å². The first-order valence-electron chi connectivity index (χ1n) is 6.15. The second-order valence-electron chi connectivity index (χ2n) is 4.32. The van der Waals surface area contributed by atoms with Crippen molar-refractivity contribution in [3.8, 4) is 0 Å². The van der Waals surface area contributed by atoms with Crippen molar-refractivity contribution in [1.29, 1.82) is 0 Å². The third kappa shape index (κ3) is 2.72. The molecule has 17 heavy (non-hydrogen) atoms. The predicted octanol–water partition coefficient (Wildman–Crippen LogP) is 2.07. The molecule has 4 nitrogen and oxygen atoms in total. The molecule has 0 aromatic carbocycles. The molecule has 1 aliphatic heterocycles. The Bertz CT molecular complexity index is 396. The normalized spacial score (nSPS) is 15.2. The molecule has 0 unspecified atom stereocenters. The highest BCUT2D eigenvalue weighted by Crippen LogP contribution is 2.33. The molecule has 1 amide bonds. The van der Waals surface area contributed by atoms with E-state index in [-0.39, 0.29) is 5.91 Å². The van der Waals surface area contributed by atoms with Crippen LogP contribution < -0.4 is 16.0 Å². The van der Waals surface area contributed by atoms with Gasteiger partial charge in [0.15, 0.2) is 0 Å². The summed E-state index contributed by atoms with van der Waals surface area (Å²) in [5.41, 5.74) is 6.51. The van der Waals surface area contributed by atoms with Crippen molar-refractivity contribution in [3.05, 3.63) is 10.9 Å². The lowest BCUT2D eigenvalue weighted by atomic mass is 10.3. The summed E-state index contributed by atoms with van der Waals surface area (Å²) >= 11 is 1.50. The zero-order valence-electron chi connectivity index (χ0n) is 10.2. The van der Waals surface area contributed by atoms with Gasteiger partial charge in [0.1, 0.15) is 4.88 Å². The number of thiophene rings is 1. The monoisotopic (exact) mass is 253 g/mol. The smallest absolute Gasteiger partial charge is 0.263 e. The predicted molar refractivity (Wildman–Crippen MR) is 72.8 cm³/mol. The van der Waals surface area contributed by atoms with E-state index in [0.29, 0.717) is 17.1 Å².